The van der Waals surface area contributed by atoms with Crippen LogP contribution in [0.3, 0.4) is 0 Å². The Morgan fingerprint density at radius 2 is 1.61 bits per heavy atom. The normalized spacial score (nSPS) is 22.5. The summed E-state index contributed by atoms with van der Waals surface area (Å²) in [7, 11) is 1.28. The summed E-state index contributed by atoms with van der Waals surface area (Å²) < 4.78 is 38.6. The number of para-hydroxylation sites is 1. The second-order valence-electron chi connectivity index (χ2n) is 15.5. The van der Waals surface area contributed by atoms with Crippen LogP contribution in [0.5, 0.6) is 5.75 Å². The highest BCUT2D eigenvalue weighted by Gasteiger charge is 2.40. The van der Waals surface area contributed by atoms with E-state index in [1.165, 1.54) is 18.1 Å². The van der Waals surface area contributed by atoms with Gasteiger partial charge in [-0.3, -0.25) is 4.79 Å². The molecule has 0 aromatic heterocycles. The quantitative estimate of drug-likeness (QED) is 0.240. The van der Waals surface area contributed by atoms with Gasteiger partial charge in [-0.25, -0.2) is 14.0 Å². The molecule has 0 saturated carbocycles. The van der Waals surface area contributed by atoms with Crippen LogP contribution in [-0.2, 0) is 20.8 Å². The zero-order chi connectivity index (χ0) is 38.6. The number of methoxy groups -OCH3 is 1. The fraction of sp³-hybridized carbons (Fsp3) is 0.475. The lowest BCUT2D eigenvalue weighted by molar-refractivity contribution is 0.0130. The van der Waals surface area contributed by atoms with Crippen molar-refractivity contribution in [3.8, 4) is 16.9 Å². The first kappa shape index (κ1) is 38.0. The van der Waals surface area contributed by atoms with E-state index in [-0.39, 0.29) is 70.3 Å². The number of esters is 1. The minimum Gasteiger partial charge on any atom is -0.472 e. The van der Waals surface area contributed by atoms with E-state index < -0.39 is 23.3 Å². The van der Waals surface area contributed by atoms with Gasteiger partial charge in [0, 0.05) is 47.6 Å². The van der Waals surface area contributed by atoms with Crippen molar-refractivity contribution in [3.63, 3.8) is 0 Å². The molecule has 288 valence electrons. The van der Waals surface area contributed by atoms with Crippen molar-refractivity contribution in [1.29, 1.82) is 0 Å². The summed E-state index contributed by atoms with van der Waals surface area (Å²) in [4.78, 5) is 47.2. The van der Waals surface area contributed by atoms with Gasteiger partial charge in [-0.2, -0.15) is 0 Å². The van der Waals surface area contributed by atoms with Crippen LogP contribution >= 0.6 is 23.2 Å². The van der Waals surface area contributed by atoms with Crippen LogP contribution in [-0.4, -0.2) is 97.7 Å². The molecule has 0 aliphatic carbocycles. The van der Waals surface area contributed by atoms with E-state index in [2.05, 4.69) is 9.80 Å². The summed E-state index contributed by atoms with van der Waals surface area (Å²) in [5.74, 6) is -1.17. The molecule has 2 bridgehead atoms. The third kappa shape index (κ3) is 7.15. The van der Waals surface area contributed by atoms with Crippen LogP contribution in [0.2, 0.25) is 10.0 Å². The molecule has 0 spiro atoms. The number of morpholine rings is 1. The number of fused-ring (bicyclic) bond motifs is 3. The summed E-state index contributed by atoms with van der Waals surface area (Å²) in [5, 5.41) is 0.377. The maximum atomic E-state index is 16.0. The number of halogens is 3. The van der Waals surface area contributed by atoms with Crippen LogP contribution in [0, 0.1) is 5.82 Å². The molecule has 11 nitrogen and oxygen atoms in total. The predicted octanol–water partition coefficient (Wildman–Crippen LogP) is 7.78. The lowest BCUT2D eigenvalue weighted by Gasteiger charge is -2.45. The zero-order valence-electron chi connectivity index (χ0n) is 31.3. The Hall–Kier alpha value is -4.26. The number of hydrogen-bond acceptors (Lipinski definition) is 9. The largest absolute Gasteiger partial charge is 0.472 e. The molecule has 0 radical (unpaired) electrons. The topological polar surface area (TPSA) is 101 Å². The number of rotatable bonds is 5. The van der Waals surface area contributed by atoms with Gasteiger partial charge < -0.3 is 38.5 Å². The number of amides is 2. The van der Waals surface area contributed by atoms with E-state index in [1.807, 2.05) is 40.7 Å². The Labute approximate surface area is 324 Å². The van der Waals surface area contributed by atoms with Crippen molar-refractivity contribution < 1.29 is 37.7 Å². The van der Waals surface area contributed by atoms with E-state index >= 15 is 4.39 Å². The van der Waals surface area contributed by atoms with Crippen molar-refractivity contribution in [3.05, 3.63) is 75.0 Å². The Morgan fingerprint density at radius 3 is 2.26 bits per heavy atom. The molecular formula is C40H45Cl2FN4O7. The maximum absolute atomic E-state index is 16.0. The number of ether oxygens (including phenoxy) is 4. The van der Waals surface area contributed by atoms with Crippen LogP contribution in [0.25, 0.3) is 11.1 Å². The number of carbonyl (C=O) groups excluding carboxylic acids is 3. The molecule has 7 rings (SSSR count). The molecule has 3 saturated heterocycles. The Balaban J connectivity index is 1.12. The molecule has 3 aromatic rings. The molecule has 4 heterocycles. The molecule has 2 unspecified atom stereocenters. The number of hydrogen-bond donors (Lipinski definition) is 0. The second-order valence-corrected chi connectivity index (χ2v) is 16.3. The number of anilines is 2. The van der Waals surface area contributed by atoms with Crippen molar-refractivity contribution in [2.24, 2.45) is 0 Å². The van der Waals surface area contributed by atoms with E-state index in [9.17, 15) is 14.4 Å². The van der Waals surface area contributed by atoms with Gasteiger partial charge in [-0.1, -0.05) is 41.4 Å². The summed E-state index contributed by atoms with van der Waals surface area (Å²) in [6, 6.07) is 11.7. The lowest BCUT2D eigenvalue weighted by atomic mass is 9.96. The van der Waals surface area contributed by atoms with Gasteiger partial charge in [-0.05, 0) is 71.7 Å². The van der Waals surface area contributed by atoms with Crippen molar-refractivity contribution in [2.75, 3.05) is 49.9 Å². The van der Waals surface area contributed by atoms with Gasteiger partial charge in [0.1, 0.15) is 17.2 Å². The Bertz CT molecular complexity index is 1950. The van der Waals surface area contributed by atoms with E-state index in [0.29, 0.717) is 48.9 Å². The van der Waals surface area contributed by atoms with E-state index in [4.69, 9.17) is 42.1 Å². The lowest BCUT2D eigenvalue weighted by Crippen LogP contribution is -2.59. The van der Waals surface area contributed by atoms with Crippen LogP contribution in [0.1, 0.15) is 73.7 Å². The first-order valence-corrected chi connectivity index (χ1v) is 19.0. The third-order valence-corrected chi connectivity index (χ3v) is 11.2. The highest BCUT2D eigenvalue weighted by molar-refractivity contribution is 6.40. The molecule has 3 aromatic carbocycles. The molecule has 3 fully saturated rings. The standard InChI is InChI=1S/C40H45Cl2FN4O7/c1-22-17-46(39(50)54-40(3,4)5)23(2)16-45(22)27-12-31(41)35(32(42)13-27)37(48)44-18-24-8-7-9-28(36(24)53-21-44)29-15-34(30(14-33(29)43)38(49)51-6)47-25-10-11-26(47)20-52-19-25/h7-9,12-15,22-23,25-26H,10-11,16-21H2,1-6H3/t22-,23-,25?,26?/m0/s1. The first-order valence-electron chi connectivity index (χ1n) is 18.2. The van der Waals surface area contributed by atoms with Crippen LogP contribution in [0.15, 0.2) is 42.5 Å². The average Bonchev–Trinajstić information content (AvgIpc) is 3.36. The van der Waals surface area contributed by atoms with Gasteiger partial charge >= 0.3 is 12.1 Å². The molecule has 4 aliphatic rings. The number of piperazine rings is 1. The molecule has 14 heteroatoms. The summed E-state index contributed by atoms with van der Waals surface area (Å²) >= 11 is 13.6. The number of benzene rings is 3. The average molecular weight is 784 g/mol. The summed E-state index contributed by atoms with van der Waals surface area (Å²) in [6.07, 6.45) is 1.46. The molecular weight excluding hydrogens is 738 g/mol. The fourth-order valence-electron chi connectivity index (χ4n) is 8.04. The fourth-order valence-corrected chi connectivity index (χ4v) is 8.68. The summed E-state index contributed by atoms with van der Waals surface area (Å²) in [5.41, 5.74) is 2.49. The minimum atomic E-state index is -0.614. The molecule has 2 amide bonds. The number of carbonyl (C=O) groups is 3. The van der Waals surface area contributed by atoms with Crippen molar-refractivity contribution in [2.45, 2.75) is 83.8 Å². The Morgan fingerprint density at radius 1 is 0.926 bits per heavy atom. The van der Waals surface area contributed by atoms with Gasteiger partial charge in [0.15, 0.2) is 6.73 Å². The van der Waals surface area contributed by atoms with Crippen LogP contribution < -0.4 is 14.5 Å². The SMILES string of the molecule is COC(=O)c1cc(F)c(-c2cccc3c2OCN(C(=O)c2c(Cl)cc(N4C[C@H](C)N(C(=O)OC(C)(C)C)C[C@@H]4C)cc2Cl)C3)cc1N1C2CCC1COC2. The third-order valence-electron chi connectivity index (χ3n) is 10.6. The predicted molar refractivity (Wildman–Crippen MR) is 204 cm³/mol. The van der Waals surface area contributed by atoms with Crippen molar-refractivity contribution in [1.82, 2.24) is 9.80 Å². The highest BCUT2D eigenvalue weighted by Crippen LogP contribution is 2.44. The molecule has 0 N–H and O–H groups in total. The monoisotopic (exact) mass is 782 g/mol. The molecule has 4 aliphatic heterocycles. The summed E-state index contributed by atoms with van der Waals surface area (Å²) in [6.45, 7) is 11.5. The molecule has 4 atom stereocenters. The van der Waals surface area contributed by atoms with Gasteiger partial charge in [0.2, 0.25) is 0 Å². The smallest absolute Gasteiger partial charge is 0.410 e. The zero-order valence-corrected chi connectivity index (χ0v) is 32.8. The van der Waals surface area contributed by atoms with Crippen LogP contribution in [0.4, 0.5) is 20.6 Å². The second kappa shape index (κ2) is 14.8. The maximum Gasteiger partial charge on any atom is 0.410 e. The molecule has 54 heavy (non-hydrogen) atoms. The number of nitrogens with zero attached hydrogens (tertiary/aromatic N) is 4. The Kier molecular flexibility index (Phi) is 10.4. The van der Waals surface area contributed by atoms with E-state index in [0.717, 1.165) is 18.5 Å². The minimum absolute atomic E-state index is 0.0695. The van der Waals surface area contributed by atoms with Gasteiger partial charge in [-0.15, -0.1) is 0 Å². The highest BCUT2D eigenvalue weighted by atomic mass is 35.5. The first-order chi connectivity index (χ1) is 25.6. The van der Waals surface area contributed by atoms with Crippen molar-refractivity contribution >= 4 is 52.5 Å². The van der Waals surface area contributed by atoms with E-state index in [1.54, 1.807) is 35.2 Å². The van der Waals surface area contributed by atoms with Gasteiger partial charge in [0.25, 0.3) is 5.91 Å². The van der Waals surface area contributed by atoms with Gasteiger partial charge in [0.05, 0.1) is 65.8 Å².